The number of hydrogen-bond donors (Lipinski definition) is 1. The van der Waals surface area contributed by atoms with Crippen LogP contribution in [0.1, 0.15) is 28.8 Å². The second kappa shape index (κ2) is 4.29. The maximum absolute atomic E-state index is 6.24. The Balaban J connectivity index is 2.26. The van der Waals surface area contributed by atoms with Crippen molar-refractivity contribution in [3.05, 3.63) is 29.1 Å². The van der Waals surface area contributed by atoms with Gasteiger partial charge in [0, 0.05) is 37.8 Å². The standard InChI is InChI=1S/C11H18N6/c1-7-11(8(2)16(3)15-7)9(12)5-10-13-6-14-17(10)4/h6,9H,5,12H2,1-4H3. The van der Waals surface area contributed by atoms with Crippen LogP contribution in [0, 0.1) is 13.8 Å². The first-order chi connectivity index (χ1) is 8.00. The first-order valence-electron chi connectivity index (χ1n) is 5.59. The Labute approximate surface area is 100 Å². The van der Waals surface area contributed by atoms with Gasteiger partial charge in [0.1, 0.15) is 12.2 Å². The summed E-state index contributed by atoms with van der Waals surface area (Å²) in [6.45, 7) is 4.02. The lowest BCUT2D eigenvalue weighted by atomic mass is 10.0. The largest absolute Gasteiger partial charge is 0.323 e. The highest BCUT2D eigenvalue weighted by atomic mass is 15.3. The first kappa shape index (κ1) is 11.8. The maximum atomic E-state index is 6.24. The van der Waals surface area contributed by atoms with Gasteiger partial charge in [0.05, 0.1) is 5.69 Å². The molecule has 2 aromatic rings. The van der Waals surface area contributed by atoms with Crippen molar-refractivity contribution in [3.8, 4) is 0 Å². The van der Waals surface area contributed by atoms with Gasteiger partial charge in [-0.15, -0.1) is 0 Å². The molecule has 6 nitrogen and oxygen atoms in total. The van der Waals surface area contributed by atoms with Gasteiger partial charge in [-0.25, -0.2) is 4.98 Å². The summed E-state index contributed by atoms with van der Waals surface area (Å²) >= 11 is 0. The van der Waals surface area contributed by atoms with Crippen LogP contribution < -0.4 is 5.73 Å². The number of aromatic nitrogens is 5. The number of aryl methyl sites for hydroxylation is 3. The van der Waals surface area contributed by atoms with Crippen LogP contribution in [0.3, 0.4) is 0 Å². The summed E-state index contributed by atoms with van der Waals surface area (Å²) in [4.78, 5) is 4.19. The summed E-state index contributed by atoms with van der Waals surface area (Å²) in [6.07, 6.45) is 2.22. The van der Waals surface area contributed by atoms with E-state index in [9.17, 15) is 0 Å². The number of rotatable bonds is 3. The monoisotopic (exact) mass is 234 g/mol. The molecule has 0 aliphatic carbocycles. The number of nitrogens with zero attached hydrogens (tertiary/aromatic N) is 5. The van der Waals surface area contributed by atoms with Crippen LogP contribution in [0.15, 0.2) is 6.33 Å². The summed E-state index contributed by atoms with van der Waals surface area (Å²) in [5.74, 6) is 0.889. The Morgan fingerprint density at radius 1 is 1.29 bits per heavy atom. The average Bonchev–Trinajstić information content (AvgIpc) is 2.74. The second-order valence-corrected chi connectivity index (χ2v) is 4.32. The fourth-order valence-electron chi connectivity index (χ4n) is 2.13. The molecular formula is C11H18N6. The molecule has 0 saturated heterocycles. The highest BCUT2D eigenvalue weighted by Gasteiger charge is 2.18. The van der Waals surface area contributed by atoms with Gasteiger partial charge >= 0.3 is 0 Å². The van der Waals surface area contributed by atoms with Gasteiger partial charge in [-0.1, -0.05) is 0 Å². The molecule has 6 heteroatoms. The number of nitrogens with two attached hydrogens (primary N) is 1. The molecule has 2 N–H and O–H groups in total. The molecule has 1 unspecified atom stereocenters. The summed E-state index contributed by atoms with van der Waals surface area (Å²) in [5, 5.41) is 8.42. The molecule has 1 atom stereocenters. The third-order valence-electron chi connectivity index (χ3n) is 3.14. The zero-order valence-electron chi connectivity index (χ0n) is 10.7. The van der Waals surface area contributed by atoms with Crippen molar-refractivity contribution in [1.82, 2.24) is 24.5 Å². The molecule has 0 fully saturated rings. The predicted octanol–water partition coefficient (Wildman–Crippen LogP) is 0.408. The topological polar surface area (TPSA) is 74.6 Å². The summed E-state index contributed by atoms with van der Waals surface area (Å²) in [7, 11) is 3.80. The van der Waals surface area contributed by atoms with E-state index in [4.69, 9.17) is 5.73 Å². The Bertz CT molecular complexity index is 524. The molecule has 2 rings (SSSR count). The van der Waals surface area contributed by atoms with Crippen LogP contribution in [-0.2, 0) is 20.5 Å². The second-order valence-electron chi connectivity index (χ2n) is 4.32. The Hall–Kier alpha value is -1.69. The van der Waals surface area contributed by atoms with Crippen molar-refractivity contribution in [2.45, 2.75) is 26.3 Å². The van der Waals surface area contributed by atoms with E-state index < -0.39 is 0 Å². The molecule has 0 bridgehead atoms. The average molecular weight is 234 g/mol. The summed E-state index contributed by atoms with van der Waals surface area (Å²) in [5.41, 5.74) is 9.44. The smallest absolute Gasteiger partial charge is 0.138 e. The molecule has 92 valence electrons. The lowest BCUT2D eigenvalue weighted by Crippen LogP contribution is -2.17. The minimum atomic E-state index is -0.0911. The minimum absolute atomic E-state index is 0.0911. The van der Waals surface area contributed by atoms with E-state index in [-0.39, 0.29) is 6.04 Å². The molecule has 17 heavy (non-hydrogen) atoms. The van der Waals surface area contributed by atoms with Gasteiger partial charge in [0.25, 0.3) is 0 Å². The molecule has 2 aromatic heterocycles. The van der Waals surface area contributed by atoms with E-state index in [1.807, 2.05) is 32.6 Å². The van der Waals surface area contributed by atoms with Crippen LogP contribution in [0.2, 0.25) is 0 Å². The van der Waals surface area contributed by atoms with Crippen LogP contribution in [0.4, 0.5) is 0 Å². The number of hydrogen-bond acceptors (Lipinski definition) is 4. The van der Waals surface area contributed by atoms with Crippen molar-refractivity contribution in [2.75, 3.05) is 0 Å². The lowest BCUT2D eigenvalue weighted by Gasteiger charge is -2.11. The van der Waals surface area contributed by atoms with Crippen molar-refractivity contribution < 1.29 is 0 Å². The molecule has 0 spiro atoms. The van der Waals surface area contributed by atoms with Crippen molar-refractivity contribution >= 4 is 0 Å². The summed E-state index contributed by atoms with van der Waals surface area (Å²) < 4.78 is 3.61. The fraction of sp³-hybridized carbons (Fsp3) is 0.545. The SMILES string of the molecule is Cc1nn(C)c(C)c1C(N)Cc1ncnn1C. The van der Waals surface area contributed by atoms with E-state index in [0.717, 1.165) is 22.8 Å². The van der Waals surface area contributed by atoms with Gasteiger partial charge in [0.2, 0.25) is 0 Å². The molecule has 0 amide bonds. The molecule has 2 heterocycles. The minimum Gasteiger partial charge on any atom is -0.323 e. The highest BCUT2D eigenvalue weighted by molar-refractivity contribution is 5.28. The predicted molar refractivity (Wildman–Crippen MR) is 64.3 cm³/mol. The third kappa shape index (κ3) is 2.08. The molecule has 0 aliphatic heterocycles. The van der Waals surface area contributed by atoms with Gasteiger partial charge < -0.3 is 5.73 Å². The maximum Gasteiger partial charge on any atom is 0.138 e. The summed E-state index contributed by atoms with van der Waals surface area (Å²) in [6, 6.07) is -0.0911. The van der Waals surface area contributed by atoms with Gasteiger partial charge in [0.15, 0.2) is 0 Å². The van der Waals surface area contributed by atoms with E-state index in [1.165, 1.54) is 0 Å². The van der Waals surface area contributed by atoms with Crippen LogP contribution >= 0.6 is 0 Å². The first-order valence-corrected chi connectivity index (χ1v) is 5.59. The molecular weight excluding hydrogens is 216 g/mol. The Morgan fingerprint density at radius 3 is 2.47 bits per heavy atom. The van der Waals surface area contributed by atoms with E-state index in [0.29, 0.717) is 6.42 Å². The highest BCUT2D eigenvalue weighted by Crippen LogP contribution is 2.21. The molecule has 0 aliphatic rings. The van der Waals surface area contributed by atoms with Gasteiger partial charge in [-0.2, -0.15) is 10.2 Å². The zero-order valence-corrected chi connectivity index (χ0v) is 10.7. The molecule has 0 saturated carbocycles. The van der Waals surface area contributed by atoms with E-state index >= 15 is 0 Å². The fourth-order valence-corrected chi connectivity index (χ4v) is 2.13. The Morgan fingerprint density at radius 2 is 2.00 bits per heavy atom. The van der Waals surface area contributed by atoms with Crippen molar-refractivity contribution in [3.63, 3.8) is 0 Å². The van der Waals surface area contributed by atoms with Crippen molar-refractivity contribution in [2.24, 2.45) is 19.8 Å². The van der Waals surface area contributed by atoms with Gasteiger partial charge in [-0.05, 0) is 13.8 Å². The van der Waals surface area contributed by atoms with Crippen molar-refractivity contribution in [1.29, 1.82) is 0 Å². The van der Waals surface area contributed by atoms with E-state index in [2.05, 4.69) is 15.2 Å². The van der Waals surface area contributed by atoms with Crippen LogP contribution in [-0.4, -0.2) is 24.5 Å². The normalized spacial score (nSPS) is 13.0. The molecule has 0 aromatic carbocycles. The van der Waals surface area contributed by atoms with Gasteiger partial charge in [-0.3, -0.25) is 9.36 Å². The molecule has 0 radical (unpaired) electrons. The zero-order chi connectivity index (χ0) is 12.6. The van der Waals surface area contributed by atoms with E-state index in [1.54, 1.807) is 11.0 Å². The quantitative estimate of drug-likeness (QED) is 0.834. The van der Waals surface area contributed by atoms with Crippen LogP contribution in [0.25, 0.3) is 0 Å². The van der Waals surface area contributed by atoms with Crippen LogP contribution in [0.5, 0.6) is 0 Å². The Kier molecular flexibility index (Phi) is 2.97. The lowest BCUT2D eigenvalue weighted by molar-refractivity contribution is 0.624. The third-order valence-corrected chi connectivity index (χ3v) is 3.14.